The number of carbonyl (C=O) groups is 1. The number of rotatable bonds is 5. The number of aromatic nitrogens is 1. The van der Waals surface area contributed by atoms with E-state index in [0.717, 1.165) is 12.8 Å². The summed E-state index contributed by atoms with van der Waals surface area (Å²) >= 11 is 11.7. The molecule has 3 nitrogen and oxygen atoms in total. The maximum Gasteiger partial charge on any atom is 0.273 e. The Bertz CT molecular complexity index is 421. The Morgan fingerprint density at radius 1 is 1.53 bits per heavy atom. The smallest absolute Gasteiger partial charge is 0.273 e. The Balaban J connectivity index is 2.74. The van der Waals surface area contributed by atoms with Crippen LogP contribution in [0.5, 0.6) is 0 Å². The van der Waals surface area contributed by atoms with E-state index in [1.165, 1.54) is 0 Å². The van der Waals surface area contributed by atoms with Gasteiger partial charge in [-0.25, -0.2) is 4.98 Å². The molecule has 5 heteroatoms. The molecule has 1 heterocycles. The number of halogens is 2. The fourth-order valence-corrected chi connectivity index (χ4v) is 1.66. The van der Waals surface area contributed by atoms with Crippen LogP contribution in [0.3, 0.4) is 0 Å². The molecular formula is C12H14Cl2N2O. The topological polar surface area (TPSA) is 33.2 Å². The molecule has 1 aromatic rings. The lowest BCUT2D eigenvalue weighted by atomic mass is 10.2. The predicted molar refractivity (Wildman–Crippen MR) is 70.6 cm³/mol. The Morgan fingerprint density at radius 3 is 2.88 bits per heavy atom. The van der Waals surface area contributed by atoms with Gasteiger partial charge in [-0.05, 0) is 25.0 Å². The van der Waals surface area contributed by atoms with Crippen molar-refractivity contribution in [2.45, 2.75) is 12.8 Å². The van der Waals surface area contributed by atoms with Crippen LogP contribution < -0.4 is 0 Å². The molecule has 0 fully saturated rings. The molecule has 92 valence electrons. The van der Waals surface area contributed by atoms with Crippen LogP contribution >= 0.6 is 23.2 Å². The summed E-state index contributed by atoms with van der Waals surface area (Å²) in [5.41, 5.74) is 0.195. The first kappa shape index (κ1) is 14.0. The van der Waals surface area contributed by atoms with Crippen molar-refractivity contribution >= 4 is 29.1 Å². The molecule has 0 aliphatic rings. The number of carbonyl (C=O) groups excluding carboxylic acids is 1. The highest BCUT2D eigenvalue weighted by Crippen LogP contribution is 2.18. The summed E-state index contributed by atoms with van der Waals surface area (Å²) in [6.07, 6.45) is 3.56. The molecule has 17 heavy (non-hydrogen) atoms. The number of amides is 1. The van der Waals surface area contributed by atoms with Crippen LogP contribution in [0.4, 0.5) is 0 Å². The molecule has 1 aromatic heterocycles. The van der Waals surface area contributed by atoms with Crippen molar-refractivity contribution in [1.82, 2.24) is 9.88 Å². The largest absolute Gasteiger partial charge is 0.340 e. The first-order valence-electron chi connectivity index (χ1n) is 5.24. The first-order chi connectivity index (χ1) is 8.06. The van der Waals surface area contributed by atoms with Crippen LogP contribution in [0.1, 0.15) is 23.3 Å². The van der Waals surface area contributed by atoms with E-state index < -0.39 is 0 Å². The summed E-state index contributed by atoms with van der Waals surface area (Å²) in [6, 6.07) is 3.13. The van der Waals surface area contributed by atoms with Crippen molar-refractivity contribution in [3.63, 3.8) is 0 Å². The van der Waals surface area contributed by atoms with Gasteiger partial charge in [-0.15, -0.1) is 6.58 Å². The minimum absolute atomic E-state index is 0.195. The molecule has 0 saturated heterocycles. The Hall–Kier alpha value is -1.06. The van der Waals surface area contributed by atoms with Gasteiger partial charge in [0.15, 0.2) is 0 Å². The zero-order chi connectivity index (χ0) is 12.8. The van der Waals surface area contributed by atoms with E-state index in [9.17, 15) is 4.79 Å². The Labute approximate surface area is 111 Å². The van der Waals surface area contributed by atoms with Gasteiger partial charge in [0, 0.05) is 13.6 Å². The predicted octanol–water partition coefficient (Wildman–Crippen LogP) is 3.43. The SMILES string of the molecule is C=CCCCN(C)C(=O)c1nc(Cl)ccc1Cl. The molecule has 0 aromatic carbocycles. The van der Waals surface area contributed by atoms with Crippen molar-refractivity contribution < 1.29 is 4.79 Å². The number of nitrogens with zero attached hydrogens (tertiary/aromatic N) is 2. The highest BCUT2D eigenvalue weighted by molar-refractivity contribution is 6.34. The van der Waals surface area contributed by atoms with Crippen molar-refractivity contribution in [3.05, 3.63) is 40.7 Å². The zero-order valence-electron chi connectivity index (χ0n) is 9.62. The fraction of sp³-hybridized carbons (Fsp3) is 0.333. The third-order valence-corrected chi connectivity index (χ3v) is 2.78. The average molecular weight is 273 g/mol. The fourth-order valence-electron chi connectivity index (χ4n) is 1.32. The lowest BCUT2D eigenvalue weighted by Gasteiger charge is -2.16. The summed E-state index contributed by atoms with van der Waals surface area (Å²) in [5.74, 6) is -0.221. The third-order valence-electron chi connectivity index (χ3n) is 2.26. The van der Waals surface area contributed by atoms with Crippen LogP contribution in [-0.4, -0.2) is 29.4 Å². The number of hydrogen-bond donors (Lipinski definition) is 0. The van der Waals surface area contributed by atoms with Crippen LogP contribution in [-0.2, 0) is 0 Å². The minimum atomic E-state index is -0.221. The number of hydrogen-bond acceptors (Lipinski definition) is 2. The molecule has 1 amide bonds. The maximum atomic E-state index is 12.0. The lowest BCUT2D eigenvalue weighted by molar-refractivity contribution is 0.0788. The second-order valence-corrected chi connectivity index (χ2v) is 4.42. The van der Waals surface area contributed by atoms with Gasteiger partial charge in [0.05, 0.1) is 5.02 Å². The van der Waals surface area contributed by atoms with Crippen molar-refractivity contribution in [3.8, 4) is 0 Å². The second-order valence-electron chi connectivity index (χ2n) is 3.62. The van der Waals surface area contributed by atoms with Crippen LogP contribution in [0.2, 0.25) is 10.2 Å². The highest BCUT2D eigenvalue weighted by atomic mass is 35.5. The molecule has 0 radical (unpaired) electrons. The van der Waals surface area contributed by atoms with E-state index in [2.05, 4.69) is 11.6 Å². The van der Waals surface area contributed by atoms with E-state index in [0.29, 0.717) is 11.6 Å². The highest BCUT2D eigenvalue weighted by Gasteiger charge is 2.16. The standard InChI is InChI=1S/C12H14Cl2N2O/c1-3-4-5-8-16(2)12(17)11-9(13)6-7-10(14)15-11/h3,6-7H,1,4-5,8H2,2H3. The normalized spacial score (nSPS) is 10.1. The third kappa shape index (κ3) is 4.02. The summed E-state index contributed by atoms with van der Waals surface area (Å²) in [4.78, 5) is 17.5. The van der Waals surface area contributed by atoms with Gasteiger partial charge in [-0.1, -0.05) is 29.3 Å². The summed E-state index contributed by atoms with van der Waals surface area (Å²) < 4.78 is 0. The second kappa shape index (κ2) is 6.62. The average Bonchev–Trinajstić information content (AvgIpc) is 2.31. The van der Waals surface area contributed by atoms with Gasteiger partial charge < -0.3 is 4.90 Å². The molecule has 1 rings (SSSR count). The van der Waals surface area contributed by atoms with E-state index in [-0.39, 0.29) is 16.8 Å². The van der Waals surface area contributed by atoms with Crippen molar-refractivity contribution in [2.75, 3.05) is 13.6 Å². The Morgan fingerprint density at radius 2 is 2.24 bits per heavy atom. The molecule has 0 aliphatic carbocycles. The number of unbranched alkanes of at least 4 members (excludes halogenated alkanes) is 1. The summed E-state index contributed by atoms with van der Waals surface area (Å²) in [7, 11) is 1.71. The molecular weight excluding hydrogens is 259 g/mol. The maximum absolute atomic E-state index is 12.0. The van der Waals surface area contributed by atoms with E-state index in [1.807, 2.05) is 6.08 Å². The molecule has 0 N–H and O–H groups in total. The Kier molecular flexibility index (Phi) is 5.45. The summed E-state index contributed by atoms with van der Waals surface area (Å²) in [5, 5.41) is 0.576. The molecule has 0 unspecified atom stereocenters. The van der Waals surface area contributed by atoms with Crippen LogP contribution in [0.25, 0.3) is 0 Å². The minimum Gasteiger partial charge on any atom is -0.340 e. The number of pyridine rings is 1. The monoisotopic (exact) mass is 272 g/mol. The van der Waals surface area contributed by atoms with Crippen molar-refractivity contribution in [1.29, 1.82) is 0 Å². The van der Waals surface area contributed by atoms with Crippen LogP contribution in [0, 0.1) is 0 Å². The summed E-state index contributed by atoms with van der Waals surface area (Å²) in [6.45, 7) is 4.27. The van der Waals surface area contributed by atoms with Gasteiger partial charge >= 0.3 is 0 Å². The molecule has 0 aliphatic heterocycles. The lowest BCUT2D eigenvalue weighted by Crippen LogP contribution is -2.28. The van der Waals surface area contributed by atoms with Gasteiger partial charge in [0.1, 0.15) is 10.8 Å². The quantitative estimate of drug-likeness (QED) is 0.468. The first-order valence-corrected chi connectivity index (χ1v) is 6.00. The van der Waals surface area contributed by atoms with Crippen molar-refractivity contribution in [2.24, 2.45) is 0 Å². The van der Waals surface area contributed by atoms with Gasteiger partial charge in [0.2, 0.25) is 0 Å². The van der Waals surface area contributed by atoms with E-state index in [4.69, 9.17) is 23.2 Å². The molecule has 0 bridgehead atoms. The van der Waals surface area contributed by atoms with Gasteiger partial charge in [0.25, 0.3) is 5.91 Å². The van der Waals surface area contributed by atoms with Gasteiger partial charge in [-0.3, -0.25) is 4.79 Å². The zero-order valence-corrected chi connectivity index (χ0v) is 11.1. The van der Waals surface area contributed by atoms with E-state index in [1.54, 1.807) is 24.1 Å². The molecule has 0 spiro atoms. The van der Waals surface area contributed by atoms with Gasteiger partial charge in [-0.2, -0.15) is 0 Å². The van der Waals surface area contributed by atoms with E-state index >= 15 is 0 Å². The molecule has 0 saturated carbocycles. The number of allylic oxidation sites excluding steroid dienone is 1. The molecule has 0 atom stereocenters. The van der Waals surface area contributed by atoms with Crippen LogP contribution in [0.15, 0.2) is 24.8 Å².